The largest absolute Gasteiger partial charge is 0.480 e. The van der Waals surface area contributed by atoms with Crippen LogP contribution in [0.15, 0.2) is 0 Å². The maximum absolute atomic E-state index is 12.9. The molecule has 0 spiro atoms. The molecule has 5 nitrogen and oxygen atoms in total. The highest BCUT2D eigenvalue weighted by atomic mass is 32.2. The smallest absolute Gasteiger partial charge is 0.322 e. The van der Waals surface area contributed by atoms with Gasteiger partial charge < -0.3 is 5.11 Å². The monoisotopic (exact) mass is 337 g/mol. The molecule has 0 aromatic carbocycles. The van der Waals surface area contributed by atoms with Crippen molar-refractivity contribution in [3.63, 3.8) is 0 Å². The second-order valence-electron chi connectivity index (χ2n) is 6.94. The first-order valence-electron chi connectivity index (χ1n) is 7.81. The molecule has 3 unspecified atom stereocenters. The summed E-state index contributed by atoms with van der Waals surface area (Å²) in [6.07, 6.45) is 2.94. The van der Waals surface area contributed by atoms with Crippen molar-refractivity contribution in [2.24, 2.45) is 11.8 Å². The first-order valence-corrected chi connectivity index (χ1v) is 9.42. The Kier molecular flexibility index (Phi) is 3.96. The minimum absolute atomic E-state index is 0.0902. The normalized spacial score (nSPS) is 35.8. The molecule has 0 amide bonds. The predicted molar refractivity (Wildman–Crippen MR) is 75.1 cm³/mol. The number of hydrogen-bond acceptors (Lipinski definition) is 3. The number of carboxylic acids is 1. The summed E-state index contributed by atoms with van der Waals surface area (Å²) in [6.45, 7) is 0. The predicted octanol–water partition coefficient (Wildman–Crippen LogP) is 2.08. The zero-order valence-electron chi connectivity index (χ0n) is 12.2. The van der Waals surface area contributed by atoms with Crippen LogP contribution in [-0.2, 0) is 14.8 Å². The average Bonchev–Trinajstić information content (AvgIpc) is 2.76. The van der Waals surface area contributed by atoms with E-state index in [1.807, 2.05) is 0 Å². The number of carbonyl (C=O) groups is 1. The lowest BCUT2D eigenvalue weighted by molar-refractivity contribution is -0.141. The van der Waals surface area contributed by atoms with Crippen LogP contribution in [-0.4, -0.2) is 47.6 Å². The number of hydrogen-bond donors (Lipinski definition) is 1. The number of sulfonamides is 1. The zero-order chi connectivity index (χ0) is 16.1. The Morgan fingerprint density at radius 2 is 1.86 bits per heavy atom. The fourth-order valence-corrected chi connectivity index (χ4v) is 6.57. The highest BCUT2D eigenvalue weighted by Crippen LogP contribution is 2.46. The van der Waals surface area contributed by atoms with E-state index in [2.05, 4.69) is 0 Å². The van der Waals surface area contributed by atoms with Gasteiger partial charge in [-0.25, -0.2) is 17.2 Å². The summed E-state index contributed by atoms with van der Waals surface area (Å²) >= 11 is 0. The van der Waals surface area contributed by atoms with Crippen LogP contribution in [0.2, 0.25) is 0 Å². The molecule has 0 aromatic heterocycles. The van der Waals surface area contributed by atoms with Crippen LogP contribution in [0.1, 0.15) is 44.9 Å². The van der Waals surface area contributed by atoms with Crippen molar-refractivity contribution >= 4 is 16.0 Å². The molecule has 1 aliphatic heterocycles. The molecule has 3 atom stereocenters. The van der Waals surface area contributed by atoms with Gasteiger partial charge in [-0.3, -0.25) is 4.79 Å². The summed E-state index contributed by atoms with van der Waals surface area (Å²) in [5, 5.41) is 9.36. The first-order chi connectivity index (χ1) is 10.2. The number of halogens is 2. The third kappa shape index (κ3) is 2.87. The molecular formula is C14H21F2NO4S. The molecular weight excluding hydrogens is 316 g/mol. The van der Waals surface area contributed by atoms with E-state index in [0.717, 1.165) is 23.6 Å². The summed E-state index contributed by atoms with van der Waals surface area (Å²) in [7, 11) is -3.82. The Balaban J connectivity index is 1.78. The Morgan fingerprint density at radius 3 is 2.45 bits per heavy atom. The maximum Gasteiger partial charge on any atom is 0.322 e. The highest BCUT2D eigenvalue weighted by Gasteiger charge is 2.53. The molecule has 2 aliphatic carbocycles. The minimum atomic E-state index is -3.82. The Morgan fingerprint density at radius 1 is 1.23 bits per heavy atom. The van der Waals surface area contributed by atoms with E-state index >= 15 is 0 Å². The van der Waals surface area contributed by atoms with Crippen molar-refractivity contribution in [3.8, 4) is 0 Å². The lowest BCUT2D eigenvalue weighted by atomic mass is 9.83. The van der Waals surface area contributed by atoms with Crippen LogP contribution in [0.25, 0.3) is 0 Å². The van der Waals surface area contributed by atoms with Crippen LogP contribution < -0.4 is 0 Å². The second-order valence-corrected chi connectivity index (χ2v) is 8.86. The zero-order valence-corrected chi connectivity index (χ0v) is 13.1. The molecule has 1 heterocycles. The highest BCUT2D eigenvalue weighted by molar-refractivity contribution is 7.89. The van der Waals surface area contributed by atoms with Gasteiger partial charge in [0.25, 0.3) is 0 Å². The molecule has 2 saturated carbocycles. The third-order valence-electron chi connectivity index (χ3n) is 5.26. The van der Waals surface area contributed by atoms with Crippen LogP contribution in [0, 0.1) is 11.8 Å². The molecule has 8 heteroatoms. The summed E-state index contributed by atoms with van der Waals surface area (Å²) in [4.78, 5) is 11.4. The van der Waals surface area contributed by atoms with Crippen LogP contribution in [0.5, 0.6) is 0 Å². The minimum Gasteiger partial charge on any atom is -0.480 e. The van der Waals surface area contributed by atoms with Crippen LogP contribution in [0.4, 0.5) is 8.78 Å². The summed E-state index contributed by atoms with van der Waals surface area (Å²) in [6, 6.07) is -1.29. The molecule has 3 rings (SSSR count). The van der Waals surface area contributed by atoms with Gasteiger partial charge in [0.05, 0.1) is 5.75 Å². The third-order valence-corrected chi connectivity index (χ3v) is 7.32. The number of aliphatic carboxylic acids is 1. The van der Waals surface area contributed by atoms with E-state index in [-0.39, 0.29) is 17.7 Å². The van der Waals surface area contributed by atoms with E-state index < -0.39 is 46.7 Å². The molecule has 1 saturated heterocycles. The number of rotatable bonds is 4. The quantitative estimate of drug-likeness (QED) is 0.852. The topological polar surface area (TPSA) is 74.7 Å². The summed E-state index contributed by atoms with van der Waals surface area (Å²) < 4.78 is 52.2. The fourth-order valence-electron chi connectivity index (χ4n) is 4.32. The van der Waals surface area contributed by atoms with Gasteiger partial charge in [0, 0.05) is 18.9 Å². The lowest BCUT2D eigenvalue weighted by Gasteiger charge is -2.37. The summed E-state index contributed by atoms with van der Waals surface area (Å²) in [5.74, 6) is -4.71. The second kappa shape index (κ2) is 5.40. The van der Waals surface area contributed by atoms with Crippen molar-refractivity contribution in [2.45, 2.75) is 63.0 Å². The lowest BCUT2D eigenvalue weighted by Crippen LogP contribution is -2.50. The molecule has 126 valence electrons. The van der Waals surface area contributed by atoms with Gasteiger partial charge in [-0.1, -0.05) is 12.8 Å². The van der Waals surface area contributed by atoms with Gasteiger partial charge in [0.2, 0.25) is 15.9 Å². The average molecular weight is 337 g/mol. The number of carboxylic acid groups (broad SMARTS) is 1. The van der Waals surface area contributed by atoms with Crippen molar-refractivity contribution in [3.05, 3.63) is 0 Å². The molecule has 3 aliphatic rings. The number of fused-ring (bicyclic) bond motifs is 1. The van der Waals surface area contributed by atoms with Gasteiger partial charge in [-0.05, 0) is 31.1 Å². The number of alkyl halides is 2. The number of nitrogens with zero attached hydrogens (tertiary/aromatic N) is 1. The molecule has 22 heavy (non-hydrogen) atoms. The molecule has 3 fully saturated rings. The summed E-state index contributed by atoms with van der Waals surface area (Å²) in [5.41, 5.74) is 0. The first kappa shape index (κ1) is 16.1. The molecule has 1 N–H and O–H groups in total. The van der Waals surface area contributed by atoms with E-state index in [1.165, 1.54) is 0 Å². The van der Waals surface area contributed by atoms with E-state index in [4.69, 9.17) is 0 Å². The molecule has 0 aromatic rings. The maximum atomic E-state index is 12.9. The molecule has 0 bridgehead atoms. The van der Waals surface area contributed by atoms with Gasteiger partial charge in [0.15, 0.2) is 0 Å². The van der Waals surface area contributed by atoms with Crippen molar-refractivity contribution in [1.82, 2.24) is 4.31 Å². The van der Waals surface area contributed by atoms with Crippen LogP contribution in [0.3, 0.4) is 0 Å². The Hall–Kier alpha value is -0.760. The van der Waals surface area contributed by atoms with E-state index in [1.54, 1.807) is 0 Å². The van der Waals surface area contributed by atoms with Crippen molar-refractivity contribution < 1.29 is 27.1 Å². The van der Waals surface area contributed by atoms with Gasteiger partial charge >= 0.3 is 5.97 Å². The van der Waals surface area contributed by atoms with E-state index in [0.29, 0.717) is 12.8 Å². The van der Waals surface area contributed by atoms with Gasteiger partial charge in [0.1, 0.15) is 6.04 Å². The molecule has 0 radical (unpaired) electrons. The van der Waals surface area contributed by atoms with E-state index in [9.17, 15) is 27.1 Å². The fraction of sp³-hybridized carbons (Fsp3) is 0.929. The van der Waals surface area contributed by atoms with Crippen molar-refractivity contribution in [2.75, 3.05) is 5.75 Å². The SMILES string of the molecule is O=C(O)C1CC2CCCCC2N1S(=O)(=O)CC1CC(F)(F)C1. The Labute approximate surface area is 128 Å². The van der Waals surface area contributed by atoms with Gasteiger partial charge in [-0.15, -0.1) is 0 Å². The van der Waals surface area contributed by atoms with Crippen molar-refractivity contribution in [1.29, 1.82) is 0 Å². The van der Waals surface area contributed by atoms with Crippen LogP contribution >= 0.6 is 0 Å². The standard InChI is InChI=1S/C14H21F2NO4S/c15-14(16)6-9(7-14)8-22(20,21)17-11-4-2-1-3-10(11)5-12(17)13(18)19/h9-12H,1-8H2,(H,18,19). The van der Waals surface area contributed by atoms with Gasteiger partial charge in [-0.2, -0.15) is 4.31 Å². The Bertz CT molecular complexity index is 557.